The number of nitrogens with zero attached hydrogens (tertiary/aromatic N) is 1. The lowest BCUT2D eigenvalue weighted by molar-refractivity contribution is 0.0951. The van der Waals surface area contributed by atoms with Gasteiger partial charge in [0.1, 0.15) is 5.69 Å². The van der Waals surface area contributed by atoms with E-state index in [9.17, 15) is 4.79 Å². The number of carbonyl (C=O) groups excluding carboxylic acids is 1. The summed E-state index contributed by atoms with van der Waals surface area (Å²) in [6.07, 6.45) is 1.61. The second kappa shape index (κ2) is 5.08. The molecule has 0 unspecified atom stereocenters. The third-order valence-corrected chi connectivity index (χ3v) is 1.82. The van der Waals surface area contributed by atoms with Crippen molar-refractivity contribution in [1.29, 1.82) is 0 Å². The van der Waals surface area contributed by atoms with Crippen molar-refractivity contribution in [1.82, 2.24) is 10.3 Å². The van der Waals surface area contributed by atoms with Crippen LogP contribution in [0.3, 0.4) is 0 Å². The molecule has 1 amide bonds. The number of halogens is 1. The zero-order valence-corrected chi connectivity index (χ0v) is 8.61. The molecule has 0 radical (unpaired) electrons. The van der Waals surface area contributed by atoms with Crippen LogP contribution in [0, 0.1) is 0 Å². The molecule has 4 heteroatoms. The number of rotatable bonds is 3. The lowest BCUT2D eigenvalue weighted by atomic mass is 10.3. The summed E-state index contributed by atoms with van der Waals surface area (Å²) in [5.74, 6) is -0.104. The molecule has 0 spiro atoms. The molecule has 1 aromatic heterocycles. The molecule has 0 fully saturated rings. The smallest absolute Gasteiger partial charge is 0.269 e. The maximum Gasteiger partial charge on any atom is 0.269 e. The van der Waals surface area contributed by atoms with Crippen LogP contribution in [0.25, 0.3) is 0 Å². The molecule has 1 aromatic rings. The fraction of sp³-hybridized carbons (Fsp3) is 0.250. The highest BCUT2D eigenvalue weighted by molar-refractivity contribution is 14.1. The van der Waals surface area contributed by atoms with Crippen molar-refractivity contribution in [2.45, 2.75) is 0 Å². The van der Waals surface area contributed by atoms with Crippen LogP contribution in [0.2, 0.25) is 0 Å². The predicted octanol–water partition coefficient (Wildman–Crippen LogP) is 1.25. The average molecular weight is 276 g/mol. The van der Waals surface area contributed by atoms with Gasteiger partial charge in [-0.2, -0.15) is 0 Å². The lowest BCUT2D eigenvalue weighted by Crippen LogP contribution is -2.25. The van der Waals surface area contributed by atoms with Gasteiger partial charge in [0.25, 0.3) is 5.91 Å². The summed E-state index contributed by atoms with van der Waals surface area (Å²) in [6.45, 7) is 0.690. The molecule has 0 aliphatic rings. The first-order valence-corrected chi connectivity index (χ1v) is 5.12. The summed E-state index contributed by atoms with van der Waals surface area (Å²) >= 11 is 2.21. The topological polar surface area (TPSA) is 42.0 Å². The monoisotopic (exact) mass is 276 g/mol. The maximum absolute atomic E-state index is 11.2. The Kier molecular flexibility index (Phi) is 3.99. The number of amides is 1. The molecule has 0 aromatic carbocycles. The molecule has 0 aliphatic carbocycles. The maximum atomic E-state index is 11.2. The van der Waals surface area contributed by atoms with Gasteiger partial charge in [-0.15, -0.1) is 0 Å². The highest BCUT2D eigenvalue weighted by atomic mass is 127. The van der Waals surface area contributed by atoms with Gasteiger partial charge < -0.3 is 5.32 Å². The highest BCUT2D eigenvalue weighted by Crippen LogP contribution is 1.92. The molecule has 1 N–H and O–H groups in total. The van der Waals surface area contributed by atoms with Crippen LogP contribution in [-0.2, 0) is 0 Å². The molecule has 3 nitrogen and oxygen atoms in total. The second-order valence-electron chi connectivity index (χ2n) is 2.16. The fourth-order valence-corrected chi connectivity index (χ4v) is 1.02. The fourth-order valence-electron chi connectivity index (χ4n) is 0.748. The molecular weight excluding hydrogens is 267 g/mol. The van der Waals surface area contributed by atoms with Crippen LogP contribution in [-0.4, -0.2) is 21.9 Å². The Labute approximate surface area is 84.7 Å². The van der Waals surface area contributed by atoms with E-state index in [1.54, 1.807) is 24.4 Å². The molecule has 0 aliphatic heterocycles. The normalized spacial score (nSPS) is 9.42. The zero-order valence-electron chi connectivity index (χ0n) is 6.46. The van der Waals surface area contributed by atoms with E-state index >= 15 is 0 Å². The van der Waals surface area contributed by atoms with Gasteiger partial charge in [0, 0.05) is 17.2 Å². The van der Waals surface area contributed by atoms with Crippen LogP contribution < -0.4 is 5.32 Å². The minimum Gasteiger partial charge on any atom is -0.350 e. The molecule has 64 valence electrons. The number of hydrogen-bond acceptors (Lipinski definition) is 2. The number of alkyl halides is 1. The van der Waals surface area contributed by atoms with Crippen LogP contribution in [0.1, 0.15) is 10.5 Å². The van der Waals surface area contributed by atoms with Gasteiger partial charge in [-0.3, -0.25) is 9.78 Å². The molecule has 1 heterocycles. The van der Waals surface area contributed by atoms with Crippen molar-refractivity contribution in [3.8, 4) is 0 Å². The molecule has 0 saturated carbocycles. The van der Waals surface area contributed by atoms with E-state index in [0.29, 0.717) is 12.2 Å². The van der Waals surface area contributed by atoms with Crippen molar-refractivity contribution in [2.75, 3.05) is 11.0 Å². The summed E-state index contributed by atoms with van der Waals surface area (Å²) < 4.78 is 0.913. The third-order valence-electron chi connectivity index (χ3n) is 1.28. The zero-order chi connectivity index (χ0) is 8.81. The summed E-state index contributed by atoms with van der Waals surface area (Å²) in [4.78, 5) is 15.1. The molecule has 0 bridgehead atoms. The summed E-state index contributed by atoms with van der Waals surface area (Å²) in [5.41, 5.74) is 0.474. The van der Waals surface area contributed by atoms with Gasteiger partial charge in [0.2, 0.25) is 0 Å². The average Bonchev–Trinajstić information content (AvgIpc) is 2.15. The van der Waals surface area contributed by atoms with Crippen molar-refractivity contribution in [3.63, 3.8) is 0 Å². The summed E-state index contributed by atoms with van der Waals surface area (Å²) in [6, 6.07) is 5.28. The van der Waals surface area contributed by atoms with Crippen molar-refractivity contribution >= 4 is 28.5 Å². The number of pyridine rings is 1. The SMILES string of the molecule is O=C(NCCI)c1ccccn1. The lowest BCUT2D eigenvalue weighted by Gasteiger charge is -2.00. The summed E-state index contributed by atoms with van der Waals surface area (Å²) in [5, 5.41) is 2.74. The van der Waals surface area contributed by atoms with Gasteiger partial charge in [-0.25, -0.2) is 0 Å². The Balaban J connectivity index is 2.54. The number of hydrogen-bond donors (Lipinski definition) is 1. The Bertz CT molecular complexity index is 250. The van der Waals surface area contributed by atoms with E-state index in [1.807, 2.05) is 0 Å². The Morgan fingerprint density at radius 3 is 3.00 bits per heavy atom. The van der Waals surface area contributed by atoms with Crippen molar-refractivity contribution in [2.24, 2.45) is 0 Å². The van der Waals surface area contributed by atoms with Gasteiger partial charge >= 0.3 is 0 Å². The van der Waals surface area contributed by atoms with Crippen LogP contribution in [0.15, 0.2) is 24.4 Å². The second-order valence-corrected chi connectivity index (χ2v) is 3.24. The predicted molar refractivity (Wildman–Crippen MR) is 55.5 cm³/mol. The molecule has 0 atom stereocenters. The molecular formula is C8H9IN2O. The Hall–Kier alpha value is -0.650. The Morgan fingerprint density at radius 2 is 2.42 bits per heavy atom. The third kappa shape index (κ3) is 2.77. The van der Waals surface area contributed by atoms with Gasteiger partial charge in [-0.1, -0.05) is 28.7 Å². The van der Waals surface area contributed by atoms with Crippen LogP contribution in [0.5, 0.6) is 0 Å². The van der Waals surface area contributed by atoms with E-state index in [2.05, 4.69) is 32.9 Å². The van der Waals surface area contributed by atoms with E-state index in [4.69, 9.17) is 0 Å². The van der Waals surface area contributed by atoms with E-state index in [1.165, 1.54) is 0 Å². The minimum absolute atomic E-state index is 0.104. The van der Waals surface area contributed by atoms with Crippen molar-refractivity contribution in [3.05, 3.63) is 30.1 Å². The van der Waals surface area contributed by atoms with Gasteiger partial charge in [0.15, 0.2) is 0 Å². The highest BCUT2D eigenvalue weighted by Gasteiger charge is 2.02. The first-order chi connectivity index (χ1) is 5.84. The van der Waals surface area contributed by atoms with Gasteiger partial charge in [-0.05, 0) is 12.1 Å². The van der Waals surface area contributed by atoms with E-state index in [-0.39, 0.29) is 5.91 Å². The summed E-state index contributed by atoms with van der Waals surface area (Å²) in [7, 11) is 0. The van der Waals surface area contributed by atoms with Crippen LogP contribution >= 0.6 is 22.6 Å². The Morgan fingerprint density at radius 1 is 1.58 bits per heavy atom. The quantitative estimate of drug-likeness (QED) is 0.666. The number of carbonyl (C=O) groups is 1. The first-order valence-electron chi connectivity index (χ1n) is 3.60. The number of aromatic nitrogens is 1. The van der Waals surface area contributed by atoms with Crippen LogP contribution in [0.4, 0.5) is 0 Å². The first kappa shape index (κ1) is 9.44. The molecule has 1 rings (SSSR count). The van der Waals surface area contributed by atoms with E-state index in [0.717, 1.165) is 4.43 Å². The van der Waals surface area contributed by atoms with E-state index < -0.39 is 0 Å². The standard InChI is InChI=1S/C8H9IN2O/c9-4-6-11-8(12)7-3-1-2-5-10-7/h1-3,5H,4,6H2,(H,11,12). The molecule has 0 saturated heterocycles. The largest absolute Gasteiger partial charge is 0.350 e. The minimum atomic E-state index is -0.104. The van der Waals surface area contributed by atoms with Crippen molar-refractivity contribution < 1.29 is 4.79 Å². The molecule has 12 heavy (non-hydrogen) atoms. The number of nitrogens with one attached hydrogen (secondary N) is 1. The van der Waals surface area contributed by atoms with Gasteiger partial charge in [0.05, 0.1) is 0 Å².